The fourth-order valence-corrected chi connectivity index (χ4v) is 1.34. The van der Waals surface area contributed by atoms with Crippen molar-refractivity contribution in [3.05, 3.63) is 0 Å². The lowest BCUT2D eigenvalue weighted by molar-refractivity contribution is -0.144. The van der Waals surface area contributed by atoms with E-state index in [4.69, 9.17) is 14.2 Å². The molecule has 0 saturated heterocycles. The van der Waals surface area contributed by atoms with E-state index in [9.17, 15) is 4.79 Å². The molecule has 0 atom stereocenters. The van der Waals surface area contributed by atoms with Crippen molar-refractivity contribution in [3.8, 4) is 0 Å². The number of nitrogens with zero attached hydrogens (tertiary/aromatic N) is 1. The molecule has 0 radical (unpaired) electrons. The third-order valence-electron chi connectivity index (χ3n) is 2.17. The molecule has 0 saturated carbocycles. The van der Waals surface area contributed by atoms with Crippen LogP contribution in [0.15, 0.2) is 0 Å². The predicted molar refractivity (Wildman–Crippen MR) is 66.1 cm³/mol. The molecular formula is C12H25NO4. The molecular weight excluding hydrogens is 222 g/mol. The minimum Gasteiger partial charge on any atom is -0.465 e. The van der Waals surface area contributed by atoms with Crippen molar-refractivity contribution in [3.63, 3.8) is 0 Å². The van der Waals surface area contributed by atoms with E-state index in [2.05, 4.69) is 0 Å². The number of rotatable bonds is 11. The van der Waals surface area contributed by atoms with Gasteiger partial charge in [-0.25, -0.2) is 0 Å². The van der Waals surface area contributed by atoms with E-state index in [0.29, 0.717) is 39.6 Å². The summed E-state index contributed by atoms with van der Waals surface area (Å²) in [7, 11) is 0. The van der Waals surface area contributed by atoms with Crippen molar-refractivity contribution >= 4 is 5.97 Å². The van der Waals surface area contributed by atoms with Crippen LogP contribution in [0.4, 0.5) is 0 Å². The zero-order valence-corrected chi connectivity index (χ0v) is 11.2. The van der Waals surface area contributed by atoms with E-state index in [1.165, 1.54) is 0 Å². The SMILES string of the molecule is CCOCCN(CCOCC)CC(=O)OCC. The van der Waals surface area contributed by atoms with Gasteiger partial charge in [-0.05, 0) is 20.8 Å². The molecule has 0 aliphatic rings. The number of carbonyl (C=O) groups is 1. The first kappa shape index (κ1) is 16.4. The van der Waals surface area contributed by atoms with Crippen molar-refractivity contribution in [2.45, 2.75) is 20.8 Å². The van der Waals surface area contributed by atoms with Crippen LogP contribution in [-0.2, 0) is 19.0 Å². The first-order valence-electron chi connectivity index (χ1n) is 6.28. The molecule has 0 heterocycles. The van der Waals surface area contributed by atoms with Gasteiger partial charge in [0, 0.05) is 26.3 Å². The number of hydrogen-bond acceptors (Lipinski definition) is 5. The minimum atomic E-state index is -0.194. The molecule has 17 heavy (non-hydrogen) atoms. The average Bonchev–Trinajstić information content (AvgIpc) is 2.29. The quantitative estimate of drug-likeness (QED) is 0.401. The fourth-order valence-electron chi connectivity index (χ4n) is 1.34. The average molecular weight is 247 g/mol. The van der Waals surface area contributed by atoms with Crippen molar-refractivity contribution < 1.29 is 19.0 Å². The van der Waals surface area contributed by atoms with Gasteiger partial charge in [0.2, 0.25) is 0 Å². The molecule has 0 N–H and O–H groups in total. The van der Waals surface area contributed by atoms with Crippen molar-refractivity contribution in [2.75, 3.05) is 52.7 Å². The maximum atomic E-state index is 11.4. The Bertz CT molecular complexity index is 177. The smallest absolute Gasteiger partial charge is 0.320 e. The zero-order chi connectivity index (χ0) is 12.9. The summed E-state index contributed by atoms with van der Waals surface area (Å²) < 4.78 is 15.5. The number of carbonyl (C=O) groups excluding carboxylic acids is 1. The highest BCUT2D eigenvalue weighted by Gasteiger charge is 2.11. The molecule has 0 aromatic rings. The van der Waals surface area contributed by atoms with Gasteiger partial charge in [0.1, 0.15) is 0 Å². The minimum absolute atomic E-state index is 0.194. The molecule has 0 unspecified atom stereocenters. The summed E-state index contributed by atoms with van der Waals surface area (Å²) in [5.41, 5.74) is 0. The highest BCUT2D eigenvalue weighted by Crippen LogP contribution is 1.92. The Morgan fingerprint density at radius 2 is 1.47 bits per heavy atom. The second kappa shape index (κ2) is 11.8. The summed E-state index contributed by atoms with van der Waals surface area (Å²) in [6, 6.07) is 0. The van der Waals surface area contributed by atoms with Crippen LogP contribution in [0, 0.1) is 0 Å². The number of ether oxygens (including phenoxy) is 3. The van der Waals surface area contributed by atoms with E-state index >= 15 is 0 Å². The lowest BCUT2D eigenvalue weighted by atomic mass is 10.4. The van der Waals surface area contributed by atoms with E-state index < -0.39 is 0 Å². The van der Waals surface area contributed by atoms with Gasteiger partial charge in [0.25, 0.3) is 0 Å². The lowest BCUT2D eigenvalue weighted by Gasteiger charge is -2.20. The monoisotopic (exact) mass is 247 g/mol. The lowest BCUT2D eigenvalue weighted by Crippen LogP contribution is -2.36. The van der Waals surface area contributed by atoms with Gasteiger partial charge in [-0.2, -0.15) is 0 Å². The second-order valence-electron chi connectivity index (χ2n) is 3.48. The maximum Gasteiger partial charge on any atom is 0.320 e. The van der Waals surface area contributed by atoms with Gasteiger partial charge in [-0.15, -0.1) is 0 Å². The molecule has 0 spiro atoms. The molecule has 0 amide bonds. The Morgan fingerprint density at radius 3 is 1.88 bits per heavy atom. The Balaban J connectivity index is 3.86. The molecule has 5 nitrogen and oxygen atoms in total. The molecule has 0 aliphatic heterocycles. The Hall–Kier alpha value is -0.650. The molecule has 102 valence electrons. The Labute approximate surface area is 104 Å². The van der Waals surface area contributed by atoms with Crippen LogP contribution in [0.1, 0.15) is 20.8 Å². The first-order valence-corrected chi connectivity index (χ1v) is 6.28. The van der Waals surface area contributed by atoms with Crippen molar-refractivity contribution in [1.82, 2.24) is 4.90 Å². The zero-order valence-electron chi connectivity index (χ0n) is 11.2. The summed E-state index contributed by atoms with van der Waals surface area (Å²) in [5.74, 6) is -0.194. The fraction of sp³-hybridized carbons (Fsp3) is 0.917. The molecule has 0 aromatic carbocycles. The molecule has 5 heteroatoms. The van der Waals surface area contributed by atoms with Crippen molar-refractivity contribution in [2.24, 2.45) is 0 Å². The van der Waals surface area contributed by atoms with Gasteiger partial charge >= 0.3 is 5.97 Å². The van der Waals surface area contributed by atoms with Crippen LogP contribution in [0.5, 0.6) is 0 Å². The third-order valence-corrected chi connectivity index (χ3v) is 2.17. The van der Waals surface area contributed by atoms with Gasteiger partial charge in [0.15, 0.2) is 0 Å². The molecule has 0 aliphatic carbocycles. The summed E-state index contributed by atoms with van der Waals surface area (Å²) in [6.45, 7) is 10.5. The van der Waals surface area contributed by atoms with Gasteiger partial charge in [-0.1, -0.05) is 0 Å². The first-order chi connectivity index (χ1) is 8.24. The van der Waals surface area contributed by atoms with E-state index in [1.54, 1.807) is 0 Å². The van der Waals surface area contributed by atoms with Crippen LogP contribution < -0.4 is 0 Å². The maximum absolute atomic E-state index is 11.4. The second-order valence-corrected chi connectivity index (χ2v) is 3.48. The normalized spacial score (nSPS) is 10.8. The van der Waals surface area contributed by atoms with Gasteiger partial charge in [0.05, 0.1) is 26.4 Å². The largest absolute Gasteiger partial charge is 0.465 e. The van der Waals surface area contributed by atoms with E-state index in [0.717, 1.165) is 13.1 Å². The van der Waals surface area contributed by atoms with Crippen molar-refractivity contribution in [1.29, 1.82) is 0 Å². The van der Waals surface area contributed by atoms with Crippen LogP contribution in [0.3, 0.4) is 0 Å². The molecule has 0 aromatic heterocycles. The van der Waals surface area contributed by atoms with Crippen LogP contribution in [0.25, 0.3) is 0 Å². The Morgan fingerprint density at radius 1 is 0.941 bits per heavy atom. The number of esters is 1. The molecule has 0 fully saturated rings. The number of hydrogen-bond donors (Lipinski definition) is 0. The summed E-state index contributed by atoms with van der Waals surface area (Å²) in [6.07, 6.45) is 0. The summed E-state index contributed by atoms with van der Waals surface area (Å²) >= 11 is 0. The van der Waals surface area contributed by atoms with Crippen LogP contribution in [-0.4, -0.2) is 63.5 Å². The predicted octanol–water partition coefficient (Wildman–Crippen LogP) is 0.925. The standard InChI is InChI=1S/C12H25NO4/c1-4-15-9-7-13(8-10-16-5-2)11-12(14)17-6-3/h4-11H2,1-3H3. The van der Waals surface area contributed by atoms with Crippen LogP contribution >= 0.6 is 0 Å². The third kappa shape index (κ3) is 10.2. The van der Waals surface area contributed by atoms with E-state index in [-0.39, 0.29) is 5.97 Å². The Kier molecular flexibility index (Phi) is 11.4. The highest BCUT2D eigenvalue weighted by molar-refractivity contribution is 5.71. The summed E-state index contributed by atoms with van der Waals surface area (Å²) in [4.78, 5) is 13.4. The van der Waals surface area contributed by atoms with Gasteiger partial charge < -0.3 is 14.2 Å². The molecule has 0 rings (SSSR count). The highest BCUT2D eigenvalue weighted by atomic mass is 16.5. The van der Waals surface area contributed by atoms with E-state index in [1.807, 2.05) is 25.7 Å². The van der Waals surface area contributed by atoms with Crippen LogP contribution in [0.2, 0.25) is 0 Å². The molecule has 0 bridgehead atoms. The topological polar surface area (TPSA) is 48.0 Å². The summed E-state index contributed by atoms with van der Waals surface area (Å²) in [5, 5.41) is 0. The van der Waals surface area contributed by atoms with Gasteiger partial charge in [-0.3, -0.25) is 9.69 Å².